The van der Waals surface area contributed by atoms with Crippen LogP contribution in [0.4, 0.5) is 0 Å². The van der Waals surface area contributed by atoms with E-state index in [4.69, 9.17) is 0 Å². The van der Waals surface area contributed by atoms with Crippen LogP contribution in [0.15, 0.2) is 28.7 Å². The zero-order chi connectivity index (χ0) is 13.2. The van der Waals surface area contributed by atoms with Crippen molar-refractivity contribution in [3.05, 3.63) is 34.3 Å². The molecule has 0 bridgehead atoms. The molecule has 2 rings (SSSR count). The largest absolute Gasteiger partial charge is 0.215 e. The molecule has 0 spiro atoms. The van der Waals surface area contributed by atoms with Gasteiger partial charge in [-0.05, 0) is 37.5 Å². The molecule has 18 heavy (non-hydrogen) atoms. The molecule has 1 atom stereocenters. The van der Waals surface area contributed by atoms with E-state index in [9.17, 15) is 8.42 Å². The Morgan fingerprint density at radius 3 is 2.61 bits per heavy atom. The molecule has 0 radical (unpaired) electrons. The fraction of sp³-hybridized carbons (Fsp3) is 0.538. The molecule has 0 heterocycles. The van der Waals surface area contributed by atoms with Crippen LogP contribution < -0.4 is 4.72 Å². The molecule has 0 aliphatic heterocycles. The van der Waals surface area contributed by atoms with Crippen molar-refractivity contribution in [2.24, 2.45) is 0 Å². The summed E-state index contributed by atoms with van der Waals surface area (Å²) in [6.07, 6.45) is 3.63. The van der Waals surface area contributed by atoms with Gasteiger partial charge < -0.3 is 0 Å². The summed E-state index contributed by atoms with van der Waals surface area (Å²) < 4.78 is 28.1. The number of sulfonamides is 1. The smallest absolute Gasteiger partial charge is 0.212 e. The topological polar surface area (TPSA) is 46.2 Å². The van der Waals surface area contributed by atoms with Gasteiger partial charge in [0.2, 0.25) is 10.0 Å². The lowest BCUT2D eigenvalue weighted by Crippen LogP contribution is -2.34. The van der Waals surface area contributed by atoms with Crippen molar-refractivity contribution in [1.29, 1.82) is 0 Å². The number of hydrogen-bond acceptors (Lipinski definition) is 2. The molecule has 1 saturated carbocycles. The summed E-state index contributed by atoms with van der Waals surface area (Å²) in [6, 6.07) is 7.55. The first kappa shape index (κ1) is 14.0. The average Bonchev–Trinajstić information content (AvgIpc) is 2.82. The van der Waals surface area contributed by atoms with Crippen LogP contribution in [0.3, 0.4) is 0 Å². The lowest BCUT2D eigenvalue weighted by atomic mass is 10.1. The third-order valence-electron chi connectivity index (χ3n) is 3.43. The standard InChI is InChI=1S/C13H18BrNO2S/c1-10(11-5-4-6-12(14)9-11)15-18(16,17)13-7-2-3-8-13/h4-6,9-10,13,15H,2-3,7-8H2,1H3. The van der Waals surface area contributed by atoms with Crippen LogP contribution in [-0.4, -0.2) is 13.7 Å². The van der Waals surface area contributed by atoms with Crippen molar-refractivity contribution >= 4 is 26.0 Å². The van der Waals surface area contributed by atoms with Gasteiger partial charge in [-0.2, -0.15) is 0 Å². The number of rotatable bonds is 4. The second kappa shape index (κ2) is 5.72. The Kier molecular flexibility index (Phi) is 4.45. The van der Waals surface area contributed by atoms with Gasteiger partial charge in [0, 0.05) is 10.5 Å². The molecule has 1 aromatic rings. The Balaban J connectivity index is 2.09. The predicted octanol–water partition coefficient (Wildman–Crippen LogP) is 3.37. The van der Waals surface area contributed by atoms with Crippen LogP contribution in [0.25, 0.3) is 0 Å². The van der Waals surface area contributed by atoms with E-state index in [1.807, 2.05) is 31.2 Å². The van der Waals surface area contributed by atoms with Gasteiger partial charge in [-0.1, -0.05) is 40.9 Å². The van der Waals surface area contributed by atoms with Crippen LogP contribution in [-0.2, 0) is 10.0 Å². The highest BCUT2D eigenvalue weighted by molar-refractivity contribution is 9.10. The van der Waals surface area contributed by atoms with Crippen molar-refractivity contribution in [3.63, 3.8) is 0 Å². The van der Waals surface area contributed by atoms with E-state index in [0.29, 0.717) is 0 Å². The van der Waals surface area contributed by atoms with E-state index in [2.05, 4.69) is 20.7 Å². The molecule has 1 fully saturated rings. The second-order valence-electron chi connectivity index (χ2n) is 4.85. The zero-order valence-corrected chi connectivity index (χ0v) is 12.8. The molecule has 0 amide bonds. The normalized spacial score (nSPS) is 19.0. The molecular formula is C13H18BrNO2S. The van der Waals surface area contributed by atoms with Gasteiger partial charge in [0.1, 0.15) is 0 Å². The number of nitrogens with one attached hydrogen (secondary N) is 1. The lowest BCUT2D eigenvalue weighted by Gasteiger charge is -2.18. The van der Waals surface area contributed by atoms with Gasteiger partial charge in [-0.3, -0.25) is 0 Å². The maximum Gasteiger partial charge on any atom is 0.215 e. The molecule has 3 nitrogen and oxygen atoms in total. The summed E-state index contributed by atoms with van der Waals surface area (Å²) in [5.74, 6) is 0. The Morgan fingerprint density at radius 1 is 1.33 bits per heavy atom. The fourth-order valence-electron chi connectivity index (χ4n) is 2.39. The molecule has 0 saturated heterocycles. The molecule has 1 aliphatic rings. The molecule has 1 unspecified atom stereocenters. The highest BCUT2D eigenvalue weighted by atomic mass is 79.9. The quantitative estimate of drug-likeness (QED) is 0.919. The lowest BCUT2D eigenvalue weighted by molar-refractivity contribution is 0.550. The molecule has 5 heteroatoms. The van der Waals surface area contributed by atoms with Crippen molar-refractivity contribution in [1.82, 2.24) is 4.72 Å². The van der Waals surface area contributed by atoms with Crippen LogP contribution in [0.1, 0.15) is 44.2 Å². The van der Waals surface area contributed by atoms with Crippen molar-refractivity contribution in [2.75, 3.05) is 0 Å². The molecule has 1 aliphatic carbocycles. The van der Waals surface area contributed by atoms with Gasteiger partial charge in [0.15, 0.2) is 0 Å². The third-order valence-corrected chi connectivity index (χ3v) is 5.96. The molecular weight excluding hydrogens is 314 g/mol. The monoisotopic (exact) mass is 331 g/mol. The maximum absolute atomic E-state index is 12.2. The fourth-order valence-corrected chi connectivity index (χ4v) is 4.58. The van der Waals surface area contributed by atoms with E-state index in [0.717, 1.165) is 35.7 Å². The minimum absolute atomic E-state index is 0.187. The number of hydrogen-bond donors (Lipinski definition) is 1. The van der Waals surface area contributed by atoms with E-state index in [1.165, 1.54) is 0 Å². The van der Waals surface area contributed by atoms with E-state index < -0.39 is 10.0 Å². The van der Waals surface area contributed by atoms with Gasteiger partial charge in [-0.15, -0.1) is 0 Å². The Bertz CT molecular complexity index is 509. The van der Waals surface area contributed by atoms with Gasteiger partial charge >= 0.3 is 0 Å². The number of halogens is 1. The summed E-state index contributed by atoms with van der Waals surface area (Å²) in [6.45, 7) is 1.88. The third kappa shape index (κ3) is 3.33. The summed E-state index contributed by atoms with van der Waals surface area (Å²) in [4.78, 5) is 0. The first-order chi connectivity index (χ1) is 8.49. The first-order valence-electron chi connectivity index (χ1n) is 6.25. The Labute approximate surface area is 117 Å². The Hall–Kier alpha value is -0.390. The van der Waals surface area contributed by atoms with Crippen molar-refractivity contribution in [2.45, 2.75) is 43.9 Å². The second-order valence-corrected chi connectivity index (χ2v) is 7.75. The maximum atomic E-state index is 12.2. The van der Waals surface area contributed by atoms with Crippen molar-refractivity contribution in [3.8, 4) is 0 Å². The molecule has 1 aromatic carbocycles. The summed E-state index contributed by atoms with van der Waals surface area (Å²) in [5, 5.41) is -0.202. The van der Waals surface area contributed by atoms with E-state index >= 15 is 0 Å². The van der Waals surface area contributed by atoms with Crippen LogP contribution in [0.2, 0.25) is 0 Å². The first-order valence-corrected chi connectivity index (χ1v) is 8.59. The highest BCUT2D eigenvalue weighted by Gasteiger charge is 2.29. The van der Waals surface area contributed by atoms with Gasteiger partial charge in [0.05, 0.1) is 5.25 Å². The van der Waals surface area contributed by atoms with Gasteiger partial charge in [-0.25, -0.2) is 13.1 Å². The van der Waals surface area contributed by atoms with Crippen LogP contribution in [0, 0.1) is 0 Å². The Morgan fingerprint density at radius 2 is 2.00 bits per heavy atom. The highest BCUT2D eigenvalue weighted by Crippen LogP contribution is 2.26. The molecule has 1 N–H and O–H groups in total. The SMILES string of the molecule is CC(NS(=O)(=O)C1CCCC1)c1cccc(Br)c1. The summed E-state index contributed by atoms with van der Waals surface area (Å²) >= 11 is 3.40. The van der Waals surface area contributed by atoms with E-state index in [1.54, 1.807) is 0 Å². The molecule has 100 valence electrons. The molecule has 0 aromatic heterocycles. The minimum Gasteiger partial charge on any atom is -0.212 e. The average molecular weight is 332 g/mol. The predicted molar refractivity (Wildman–Crippen MR) is 76.9 cm³/mol. The van der Waals surface area contributed by atoms with E-state index in [-0.39, 0.29) is 11.3 Å². The van der Waals surface area contributed by atoms with Crippen LogP contribution >= 0.6 is 15.9 Å². The van der Waals surface area contributed by atoms with Crippen molar-refractivity contribution < 1.29 is 8.42 Å². The number of benzene rings is 1. The zero-order valence-electron chi connectivity index (χ0n) is 10.4. The van der Waals surface area contributed by atoms with Crippen LogP contribution in [0.5, 0.6) is 0 Å². The summed E-state index contributed by atoms with van der Waals surface area (Å²) in [5.41, 5.74) is 0.978. The van der Waals surface area contributed by atoms with Gasteiger partial charge in [0.25, 0.3) is 0 Å². The summed E-state index contributed by atoms with van der Waals surface area (Å²) in [7, 11) is -3.19. The minimum atomic E-state index is -3.19.